The minimum atomic E-state index is -4.79. The van der Waals surface area contributed by atoms with Crippen LogP contribution in [0.25, 0.3) is 10.2 Å². The lowest BCUT2D eigenvalue weighted by Crippen LogP contribution is -2.42. The number of benzene rings is 1. The van der Waals surface area contributed by atoms with Crippen molar-refractivity contribution in [1.29, 1.82) is 0 Å². The number of nitrogens with zero attached hydrogens (tertiary/aromatic N) is 2. The molecule has 0 spiro atoms. The van der Waals surface area contributed by atoms with Crippen LogP contribution in [0.3, 0.4) is 0 Å². The van der Waals surface area contributed by atoms with Gasteiger partial charge in [0.25, 0.3) is 5.60 Å². The average molecular weight is 461 g/mol. The molecular formula is C18H9Cl2F3N2O3S. The van der Waals surface area contributed by atoms with Crippen LogP contribution in [0, 0.1) is 0 Å². The molecule has 1 N–H and O–H groups in total. The van der Waals surface area contributed by atoms with Gasteiger partial charge in [0.05, 0.1) is 16.9 Å². The molecular weight excluding hydrogens is 452 g/mol. The fraction of sp³-hybridized carbons (Fsp3) is 0.167. The van der Waals surface area contributed by atoms with Crippen LogP contribution in [0.1, 0.15) is 27.2 Å². The lowest BCUT2D eigenvalue weighted by atomic mass is 9.88. The van der Waals surface area contributed by atoms with Gasteiger partial charge in [-0.3, -0.25) is 0 Å². The highest BCUT2D eigenvalue weighted by Gasteiger charge is 2.62. The van der Waals surface area contributed by atoms with Crippen molar-refractivity contribution >= 4 is 56.4 Å². The highest BCUT2D eigenvalue weighted by atomic mass is 35.5. The van der Waals surface area contributed by atoms with Crippen molar-refractivity contribution < 1.29 is 27.9 Å². The third kappa shape index (κ3) is 3.43. The molecule has 0 bridgehead atoms. The molecule has 3 heterocycles. The van der Waals surface area contributed by atoms with Gasteiger partial charge in [-0.25, -0.2) is 9.78 Å². The molecule has 1 aliphatic heterocycles. The van der Waals surface area contributed by atoms with Gasteiger partial charge in [0.2, 0.25) is 0 Å². The normalized spacial score (nSPS) is 19.3. The molecule has 3 aromatic rings. The Hall–Kier alpha value is -2.36. The first-order valence-electron chi connectivity index (χ1n) is 8.01. The fourth-order valence-corrected chi connectivity index (χ4v) is 4.50. The fourth-order valence-electron chi connectivity index (χ4n) is 3.01. The number of oxime groups is 1. The van der Waals surface area contributed by atoms with E-state index in [1.54, 1.807) is 6.07 Å². The molecule has 0 fully saturated rings. The predicted molar refractivity (Wildman–Crippen MR) is 103 cm³/mol. The van der Waals surface area contributed by atoms with Crippen molar-refractivity contribution in [3.05, 3.63) is 62.6 Å². The number of aromatic nitrogens is 1. The number of carbonyl (C=O) groups is 1. The zero-order chi connectivity index (χ0) is 21.0. The van der Waals surface area contributed by atoms with Gasteiger partial charge in [-0.2, -0.15) is 13.2 Å². The van der Waals surface area contributed by atoms with E-state index in [-0.39, 0.29) is 26.9 Å². The molecule has 4 rings (SSSR count). The van der Waals surface area contributed by atoms with E-state index in [1.807, 2.05) is 0 Å². The Morgan fingerprint density at radius 1 is 1.17 bits per heavy atom. The topological polar surface area (TPSA) is 71.8 Å². The van der Waals surface area contributed by atoms with Crippen LogP contribution in [-0.4, -0.2) is 27.9 Å². The molecule has 11 heteroatoms. The molecule has 29 heavy (non-hydrogen) atoms. The minimum absolute atomic E-state index is 0.0235. The number of hydrogen-bond acceptors (Lipinski definition) is 5. The van der Waals surface area contributed by atoms with Crippen LogP contribution < -0.4 is 0 Å². The van der Waals surface area contributed by atoms with E-state index in [0.29, 0.717) is 15.1 Å². The van der Waals surface area contributed by atoms with E-state index in [0.717, 1.165) is 23.5 Å². The quantitative estimate of drug-likeness (QED) is 0.529. The van der Waals surface area contributed by atoms with Crippen molar-refractivity contribution in [2.24, 2.45) is 5.16 Å². The average Bonchev–Trinajstić information content (AvgIpc) is 3.24. The van der Waals surface area contributed by atoms with Crippen LogP contribution in [0.15, 0.2) is 41.7 Å². The van der Waals surface area contributed by atoms with Crippen molar-refractivity contribution in [3.63, 3.8) is 0 Å². The summed E-state index contributed by atoms with van der Waals surface area (Å²) in [5, 5.41) is 13.3. The van der Waals surface area contributed by atoms with Crippen LogP contribution in [0.4, 0.5) is 13.2 Å². The van der Waals surface area contributed by atoms with Gasteiger partial charge in [-0.15, -0.1) is 11.3 Å². The molecule has 0 saturated heterocycles. The Morgan fingerprint density at radius 2 is 1.86 bits per heavy atom. The largest absolute Gasteiger partial charge is 0.478 e. The van der Waals surface area contributed by atoms with E-state index < -0.39 is 24.2 Å². The van der Waals surface area contributed by atoms with Crippen molar-refractivity contribution in [3.8, 4) is 0 Å². The van der Waals surface area contributed by atoms with E-state index >= 15 is 0 Å². The third-order valence-corrected chi connectivity index (χ3v) is 5.96. The van der Waals surface area contributed by atoms with Gasteiger partial charge in [-0.1, -0.05) is 28.4 Å². The Kier molecular flexibility index (Phi) is 4.71. The number of carboxylic acid groups (broad SMARTS) is 1. The first-order valence-corrected chi connectivity index (χ1v) is 9.58. The Balaban J connectivity index is 1.75. The summed E-state index contributed by atoms with van der Waals surface area (Å²) in [4.78, 5) is 21.0. The number of thiophene rings is 1. The molecule has 150 valence electrons. The first-order chi connectivity index (χ1) is 13.6. The van der Waals surface area contributed by atoms with Crippen molar-refractivity contribution in [2.45, 2.75) is 18.2 Å². The summed E-state index contributed by atoms with van der Waals surface area (Å²) in [5.41, 5.74) is -2.94. The smallest absolute Gasteiger partial charge is 0.435 e. The molecule has 2 aromatic heterocycles. The molecule has 0 radical (unpaired) electrons. The van der Waals surface area contributed by atoms with E-state index in [4.69, 9.17) is 33.1 Å². The molecule has 0 amide bonds. The molecule has 1 unspecified atom stereocenters. The molecule has 0 aliphatic carbocycles. The molecule has 1 atom stereocenters. The number of alkyl halides is 3. The molecule has 5 nitrogen and oxygen atoms in total. The van der Waals surface area contributed by atoms with E-state index in [2.05, 4.69) is 10.1 Å². The number of rotatable bonds is 3. The maximum atomic E-state index is 14.0. The lowest BCUT2D eigenvalue weighted by molar-refractivity contribution is -0.275. The number of pyridine rings is 1. The zero-order valence-corrected chi connectivity index (χ0v) is 16.5. The van der Waals surface area contributed by atoms with Gasteiger partial charge < -0.3 is 9.94 Å². The van der Waals surface area contributed by atoms with Crippen molar-refractivity contribution in [2.75, 3.05) is 0 Å². The molecule has 1 aromatic carbocycles. The highest BCUT2D eigenvalue weighted by Crippen LogP contribution is 2.50. The predicted octanol–water partition coefficient (Wildman–Crippen LogP) is 5.88. The van der Waals surface area contributed by atoms with Gasteiger partial charge in [0.1, 0.15) is 10.5 Å². The second-order valence-corrected chi connectivity index (χ2v) is 8.23. The standard InChI is InChI=1S/C18H9Cl2F3N2O3S/c19-11-3-10(4-12(20)5-11)17(18(21,22)23)6-13(25-28-17)14-2-8-1-9(16(26)27)7-24-15(8)29-14/h1-5,7H,6H2,(H,26,27). The summed E-state index contributed by atoms with van der Waals surface area (Å²) in [6, 6.07) is 6.55. The summed E-state index contributed by atoms with van der Waals surface area (Å²) >= 11 is 12.9. The summed E-state index contributed by atoms with van der Waals surface area (Å²) in [6.07, 6.45) is -4.20. The summed E-state index contributed by atoms with van der Waals surface area (Å²) in [5.74, 6) is -1.15. The van der Waals surface area contributed by atoms with Gasteiger partial charge in [0, 0.05) is 27.2 Å². The summed E-state index contributed by atoms with van der Waals surface area (Å²) in [6.45, 7) is 0. The van der Waals surface area contributed by atoms with E-state index in [1.165, 1.54) is 18.3 Å². The maximum Gasteiger partial charge on any atom is 0.435 e. The first kappa shape index (κ1) is 19.9. The summed E-state index contributed by atoms with van der Waals surface area (Å²) < 4.78 is 42.1. The van der Waals surface area contributed by atoms with E-state index in [9.17, 15) is 18.0 Å². The van der Waals surface area contributed by atoms with Crippen LogP contribution in [0.2, 0.25) is 10.0 Å². The Labute approximate surface area is 175 Å². The maximum absolute atomic E-state index is 14.0. The van der Waals surface area contributed by atoms with Crippen LogP contribution in [-0.2, 0) is 10.4 Å². The number of hydrogen-bond donors (Lipinski definition) is 1. The van der Waals surface area contributed by atoms with Crippen molar-refractivity contribution in [1.82, 2.24) is 4.98 Å². The van der Waals surface area contributed by atoms with Gasteiger partial charge in [0.15, 0.2) is 0 Å². The second-order valence-electron chi connectivity index (χ2n) is 6.32. The Bertz CT molecular complexity index is 1160. The Morgan fingerprint density at radius 3 is 2.48 bits per heavy atom. The van der Waals surface area contributed by atoms with Crippen LogP contribution in [0.5, 0.6) is 0 Å². The van der Waals surface area contributed by atoms with Gasteiger partial charge >= 0.3 is 12.1 Å². The molecule has 0 saturated carbocycles. The third-order valence-electron chi connectivity index (χ3n) is 4.42. The van der Waals surface area contributed by atoms with Crippen LogP contribution >= 0.6 is 34.5 Å². The lowest BCUT2D eigenvalue weighted by Gasteiger charge is -2.29. The molecule has 1 aliphatic rings. The number of halogens is 5. The SMILES string of the molecule is O=C(O)c1cnc2sc(C3=NOC(c4cc(Cl)cc(Cl)c4)(C(F)(F)F)C3)cc2c1. The zero-order valence-electron chi connectivity index (χ0n) is 14.1. The second kappa shape index (κ2) is 6.86. The highest BCUT2D eigenvalue weighted by molar-refractivity contribution is 7.20. The minimum Gasteiger partial charge on any atom is -0.478 e. The number of carboxylic acids is 1. The number of aromatic carboxylic acids is 1. The summed E-state index contributed by atoms with van der Waals surface area (Å²) in [7, 11) is 0. The van der Waals surface area contributed by atoms with Gasteiger partial charge in [-0.05, 0) is 30.3 Å². The number of fused-ring (bicyclic) bond motifs is 1. The monoisotopic (exact) mass is 460 g/mol.